The molecule has 30 heavy (non-hydrogen) atoms. The Labute approximate surface area is 174 Å². The third-order valence-electron chi connectivity index (χ3n) is 5.31. The predicted octanol–water partition coefficient (Wildman–Crippen LogP) is 3.03. The van der Waals surface area contributed by atoms with Crippen LogP contribution in [-0.2, 0) is 4.79 Å². The number of nitrogens with zero attached hydrogens (tertiary/aromatic N) is 2. The van der Waals surface area contributed by atoms with Crippen LogP contribution in [0.5, 0.6) is 5.75 Å². The molecule has 0 aliphatic heterocycles. The summed E-state index contributed by atoms with van der Waals surface area (Å²) >= 11 is 0. The van der Waals surface area contributed by atoms with Crippen molar-refractivity contribution in [3.63, 3.8) is 0 Å². The van der Waals surface area contributed by atoms with Crippen molar-refractivity contribution in [1.29, 1.82) is 0 Å². The maximum atomic E-state index is 13.6. The third kappa shape index (κ3) is 3.87. The van der Waals surface area contributed by atoms with Gasteiger partial charge in [0.05, 0.1) is 23.7 Å². The zero-order valence-electron chi connectivity index (χ0n) is 17.7. The first-order valence-electron chi connectivity index (χ1n) is 10.1. The molecule has 1 N–H and O–H groups in total. The van der Waals surface area contributed by atoms with Crippen molar-refractivity contribution in [3.05, 3.63) is 69.4 Å². The summed E-state index contributed by atoms with van der Waals surface area (Å²) in [6.07, 6.45) is 1.18. The monoisotopic (exact) mass is 409 g/mol. The lowest BCUT2D eigenvalue weighted by molar-refractivity contribution is -0.125. The standard InChI is InChI=1S/C23H27N3O4/c1-5-15(3)24-21(27)19(6-2)26-20-13-8-7-12-18(20)22(28)25(23(26)29)16-10-9-11-17(14-16)30-4/h7-15,19H,5-6H2,1-4H3,(H,24,27)/t15-,19-/m1/s1. The maximum absolute atomic E-state index is 13.6. The molecule has 0 fully saturated rings. The van der Waals surface area contributed by atoms with E-state index < -0.39 is 17.3 Å². The fraction of sp³-hybridized carbons (Fsp3) is 0.348. The number of hydrogen-bond acceptors (Lipinski definition) is 4. The SMILES string of the molecule is CC[C@@H](C)NC(=O)[C@@H](CC)n1c(=O)n(-c2cccc(OC)c2)c(=O)c2ccccc21. The van der Waals surface area contributed by atoms with Gasteiger partial charge in [0.25, 0.3) is 5.56 Å². The molecule has 7 heteroatoms. The van der Waals surface area contributed by atoms with E-state index in [4.69, 9.17) is 4.74 Å². The Balaban J connectivity index is 2.32. The largest absolute Gasteiger partial charge is 0.497 e. The second kappa shape index (κ2) is 8.98. The molecule has 3 aromatic rings. The number of methoxy groups -OCH3 is 1. The van der Waals surface area contributed by atoms with Crippen molar-refractivity contribution in [3.8, 4) is 11.4 Å². The van der Waals surface area contributed by atoms with Gasteiger partial charge in [0.2, 0.25) is 5.91 Å². The van der Waals surface area contributed by atoms with Gasteiger partial charge in [-0.15, -0.1) is 0 Å². The topological polar surface area (TPSA) is 82.3 Å². The highest BCUT2D eigenvalue weighted by molar-refractivity contribution is 5.84. The number of benzene rings is 2. The van der Waals surface area contributed by atoms with Gasteiger partial charge >= 0.3 is 5.69 Å². The molecule has 1 amide bonds. The fourth-order valence-electron chi connectivity index (χ4n) is 3.49. The number of fused-ring (bicyclic) bond motifs is 1. The van der Waals surface area contributed by atoms with Crippen LogP contribution in [0.2, 0.25) is 0 Å². The van der Waals surface area contributed by atoms with Gasteiger partial charge < -0.3 is 10.1 Å². The molecule has 7 nitrogen and oxygen atoms in total. The third-order valence-corrected chi connectivity index (χ3v) is 5.31. The van der Waals surface area contributed by atoms with Crippen LogP contribution in [0.1, 0.15) is 39.7 Å². The number of para-hydroxylation sites is 1. The Bertz CT molecular complexity index is 1180. The zero-order valence-corrected chi connectivity index (χ0v) is 17.7. The van der Waals surface area contributed by atoms with Crippen molar-refractivity contribution < 1.29 is 9.53 Å². The van der Waals surface area contributed by atoms with Crippen molar-refractivity contribution in [2.24, 2.45) is 0 Å². The molecular formula is C23H27N3O4. The van der Waals surface area contributed by atoms with Crippen molar-refractivity contribution in [1.82, 2.24) is 14.5 Å². The Kier molecular flexibility index (Phi) is 6.40. The average molecular weight is 409 g/mol. The Morgan fingerprint density at radius 1 is 1.07 bits per heavy atom. The van der Waals surface area contributed by atoms with Crippen LogP contribution >= 0.6 is 0 Å². The van der Waals surface area contributed by atoms with Crippen LogP contribution in [0.25, 0.3) is 16.6 Å². The minimum Gasteiger partial charge on any atom is -0.497 e. The Morgan fingerprint density at radius 2 is 1.80 bits per heavy atom. The summed E-state index contributed by atoms with van der Waals surface area (Å²) in [7, 11) is 1.52. The van der Waals surface area contributed by atoms with Gasteiger partial charge in [0.15, 0.2) is 0 Å². The molecule has 0 aliphatic rings. The van der Waals surface area contributed by atoms with Crippen molar-refractivity contribution >= 4 is 16.8 Å². The lowest BCUT2D eigenvalue weighted by Crippen LogP contribution is -2.45. The molecule has 1 heterocycles. The molecule has 0 saturated carbocycles. The van der Waals surface area contributed by atoms with E-state index in [1.807, 2.05) is 20.8 Å². The molecule has 0 aliphatic carbocycles. The summed E-state index contributed by atoms with van der Waals surface area (Å²) in [5.41, 5.74) is -0.158. The number of ether oxygens (including phenoxy) is 1. The number of nitrogens with one attached hydrogen (secondary N) is 1. The number of carbonyl (C=O) groups is 1. The van der Waals surface area contributed by atoms with Crippen molar-refractivity contribution in [2.45, 2.75) is 45.7 Å². The van der Waals surface area contributed by atoms with Gasteiger partial charge in [-0.25, -0.2) is 9.36 Å². The summed E-state index contributed by atoms with van der Waals surface area (Å²) in [6.45, 7) is 5.75. The fourth-order valence-corrected chi connectivity index (χ4v) is 3.49. The van der Waals surface area contributed by atoms with E-state index in [-0.39, 0.29) is 11.9 Å². The van der Waals surface area contributed by atoms with E-state index in [1.54, 1.807) is 48.5 Å². The first kappa shape index (κ1) is 21.4. The summed E-state index contributed by atoms with van der Waals surface area (Å²) < 4.78 is 7.77. The zero-order chi connectivity index (χ0) is 21.8. The van der Waals surface area contributed by atoms with Gasteiger partial charge in [0.1, 0.15) is 11.8 Å². The lowest BCUT2D eigenvalue weighted by atomic mass is 10.1. The van der Waals surface area contributed by atoms with E-state index in [0.717, 1.165) is 11.0 Å². The number of rotatable bonds is 7. The molecule has 2 atom stereocenters. The van der Waals surface area contributed by atoms with Crippen LogP contribution in [0.4, 0.5) is 0 Å². The first-order valence-corrected chi connectivity index (χ1v) is 10.1. The molecule has 3 rings (SSSR count). The number of hydrogen-bond donors (Lipinski definition) is 1. The molecule has 0 saturated heterocycles. The highest BCUT2D eigenvalue weighted by Gasteiger charge is 2.25. The highest BCUT2D eigenvalue weighted by Crippen LogP contribution is 2.19. The van der Waals surface area contributed by atoms with Crippen LogP contribution in [-0.4, -0.2) is 28.2 Å². The molecule has 0 spiro atoms. The van der Waals surface area contributed by atoms with Gasteiger partial charge in [-0.2, -0.15) is 0 Å². The van der Waals surface area contributed by atoms with Crippen molar-refractivity contribution in [2.75, 3.05) is 7.11 Å². The molecule has 0 bridgehead atoms. The lowest BCUT2D eigenvalue weighted by Gasteiger charge is -2.23. The van der Waals surface area contributed by atoms with E-state index in [9.17, 15) is 14.4 Å². The number of aromatic nitrogens is 2. The average Bonchev–Trinajstić information content (AvgIpc) is 2.76. The van der Waals surface area contributed by atoms with Crippen LogP contribution in [0.3, 0.4) is 0 Å². The van der Waals surface area contributed by atoms with E-state index in [1.165, 1.54) is 11.7 Å². The van der Waals surface area contributed by atoms with E-state index in [2.05, 4.69) is 5.32 Å². The predicted molar refractivity (Wildman–Crippen MR) is 118 cm³/mol. The molecule has 2 aromatic carbocycles. The van der Waals surface area contributed by atoms with E-state index >= 15 is 0 Å². The summed E-state index contributed by atoms with van der Waals surface area (Å²) in [4.78, 5) is 39.8. The molecule has 158 valence electrons. The molecular weight excluding hydrogens is 382 g/mol. The highest BCUT2D eigenvalue weighted by atomic mass is 16.5. The van der Waals surface area contributed by atoms with Crippen LogP contribution in [0.15, 0.2) is 58.1 Å². The van der Waals surface area contributed by atoms with E-state index in [0.29, 0.717) is 28.8 Å². The number of carbonyl (C=O) groups excluding carboxylic acids is 1. The van der Waals surface area contributed by atoms with Crippen LogP contribution < -0.4 is 21.3 Å². The second-order valence-electron chi connectivity index (χ2n) is 7.25. The summed E-state index contributed by atoms with van der Waals surface area (Å²) in [5.74, 6) is 0.287. The summed E-state index contributed by atoms with van der Waals surface area (Å²) in [6, 6.07) is 12.9. The van der Waals surface area contributed by atoms with Gasteiger partial charge in [-0.3, -0.25) is 14.2 Å². The Morgan fingerprint density at radius 3 is 2.47 bits per heavy atom. The maximum Gasteiger partial charge on any atom is 0.336 e. The minimum atomic E-state index is -0.742. The number of amides is 1. The normalized spacial score (nSPS) is 13.1. The quantitative estimate of drug-likeness (QED) is 0.650. The minimum absolute atomic E-state index is 0.0159. The summed E-state index contributed by atoms with van der Waals surface area (Å²) in [5, 5.41) is 3.33. The first-order chi connectivity index (χ1) is 14.4. The molecule has 1 aromatic heterocycles. The second-order valence-corrected chi connectivity index (χ2v) is 7.25. The van der Waals surface area contributed by atoms with Gasteiger partial charge in [0, 0.05) is 12.1 Å². The molecule has 0 radical (unpaired) electrons. The Hall–Kier alpha value is -3.35. The smallest absolute Gasteiger partial charge is 0.336 e. The van der Waals surface area contributed by atoms with Gasteiger partial charge in [-0.05, 0) is 44.0 Å². The molecule has 0 unspecified atom stereocenters. The van der Waals surface area contributed by atoms with Gasteiger partial charge in [-0.1, -0.05) is 32.0 Å². The van der Waals surface area contributed by atoms with Crippen LogP contribution in [0, 0.1) is 0 Å².